The van der Waals surface area contributed by atoms with Gasteiger partial charge in [0.2, 0.25) is 23.6 Å². The topological polar surface area (TPSA) is 202 Å². The first-order chi connectivity index (χ1) is 23.5. The lowest BCUT2D eigenvalue weighted by atomic mass is 10.0. The fourth-order valence-electron chi connectivity index (χ4n) is 5.28. The van der Waals surface area contributed by atoms with E-state index in [9.17, 15) is 32.3 Å². The number of nitrogens with two attached hydrogens (primary N) is 1. The Hall–Kier alpha value is -4.54. The molecule has 1 aliphatic heterocycles. The lowest BCUT2D eigenvalue weighted by molar-refractivity contribution is -0.192. The van der Waals surface area contributed by atoms with Crippen LogP contribution < -0.4 is 21.7 Å². The number of halogens is 3. The molecule has 2 heterocycles. The van der Waals surface area contributed by atoms with E-state index in [0.29, 0.717) is 0 Å². The van der Waals surface area contributed by atoms with Gasteiger partial charge in [-0.1, -0.05) is 75.6 Å². The van der Waals surface area contributed by atoms with Crippen molar-refractivity contribution in [2.24, 2.45) is 11.7 Å². The summed E-state index contributed by atoms with van der Waals surface area (Å²) in [4.78, 5) is 63.3. The van der Waals surface area contributed by atoms with Gasteiger partial charge >= 0.3 is 12.1 Å². The Morgan fingerprint density at radius 1 is 1.04 bits per heavy atom. The monoisotopic (exact) mass is 710 g/mol. The van der Waals surface area contributed by atoms with Gasteiger partial charge in [0, 0.05) is 25.6 Å². The first-order valence-electron chi connectivity index (χ1n) is 16.6. The van der Waals surface area contributed by atoms with E-state index in [1.807, 2.05) is 50.4 Å². The Kier molecular flexibility index (Phi) is 16.3. The first kappa shape index (κ1) is 41.6. The Morgan fingerprint density at radius 2 is 1.68 bits per heavy atom. The zero-order chi connectivity index (χ0) is 37.6. The molecule has 17 heteroatoms. The summed E-state index contributed by atoms with van der Waals surface area (Å²) >= 11 is 0. The van der Waals surface area contributed by atoms with E-state index in [4.69, 9.17) is 15.6 Å². The third kappa shape index (κ3) is 12.7. The number of aliphatic carboxylic acids is 1. The van der Waals surface area contributed by atoms with Crippen LogP contribution in [0.15, 0.2) is 36.5 Å². The highest BCUT2D eigenvalue weighted by molar-refractivity contribution is 5.95. The normalized spacial score (nSPS) is 17.7. The second kappa shape index (κ2) is 19.6. The maximum Gasteiger partial charge on any atom is 0.490 e. The van der Waals surface area contributed by atoms with Crippen molar-refractivity contribution in [1.29, 1.82) is 0 Å². The van der Waals surface area contributed by atoms with Crippen molar-refractivity contribution in [3.8, 4) is 0 Å². The number of nitrogens with zero attached hydrogens (tertiary/aromatic N) is 4. The Labute approximate surface area is 289 Å². The molecule has 1 aliphatic rings. The van der Waals surface area contributed by atoms with Gasteiger partial charge in [-0.15, -0.1) is 5.10 Å². The van der Waals surface area contributed by atoms with E-state index >= 15 is 0 Å². The standard InChI is InChI=1S/C31H48N8O4.C2HF3O2/c1-6-7-8-12-15-23-18-39(37-36-23)24-17-26(30(42)34-25(28(32)40)16-22-13-10-9-11-14-22)38(19-24)31(43)27(20(2)3)35-29(41)21(4)33-5;3-2(4,5)1(6)7/h9-11,13-14,18,20-21,24-27,33H,6-8,12,15-17,19H2,1-5H3,(H2,32,40)(H,34,42)(H,35,41);(H,6,7)/t21-,24-,25-,26-,27-;/m0./s1. The highest BCUT2D eigenvalue weighted by atomic mass is 19.4. The molecule has 1 aromatic heterocycles. The first-order valence-corrected chi connectivity index (χ1v) is 16.6. The lowest BCUT2D eigenvalue weighted by Crippen LogP contribution is -2.58. The molecule has 50 heavy (non-hydrogen) atoms. The number of rotatable bonds is 16. The van der Waals surface area contributed by atoms with Gasteiger partial charge in [0.1, 0.15) is 18.1 Å². The third-order valence-electron chi connectivity index (χ3n) is 8.32. The summed E-state index contributed by atoms with van der Waals surface area (Å²) in [5.41, 5.74) is 7.39. The summed E-state index contributed by atoms with van der Waals surface area (Å²) in [6.07, 6.45) is 2.57. The molecule has 278 valence electrons. The van der Waals surface area contributed by atoms with E-state index in [2.05, 4.69) is 33.2 Å². The predicted molar refractivity (Wildman–Crippen MR) is 177 cm³/mol. The predicted octanol–water partition coefficient (Wildman–Crippen LogP) is 2.14. The van der Waals surface area contributed by atoms with E-state index in [-0.39, 0.29) is 43.2 Å². The van der Waals surface area contributed by atoms with E-state index in [1.165, 1.54) is 11.3 Å². The minimum atomic E-state index is -5.08. The van der Waals surface area contributed by atoms with Crippen molar-refractivity contribution in [1.82, 2.24) is 35.8 Å². The van der Waals surface area contributed by atoms with Gasteiger partial charge < -0.3 is 31.7 Å². The number of aryl methyl sites for hydroxylation is 1. The molecule has 1 aromatic carbocycles. The summed E-state index contributed by atoms with van der Waals surface area (Å²) < 4.78 is 33.5. The number of alkyl halides is 3. The van der Waals surface area contributed by atoms with Crippen molar-refractivity contribution >= 4 is 29.6 Å². The molecule has 6 N–H and O–H groups in total. The summed E-state index contributed by atoms with van der Waals surface area (Å²) in [5.74, 6) is -4.82. The van der Waals surface area contributed by atoms with Crippen LogP contribution in [-0.2, 0) is 36.8 Å². The molecule has 4 amide bonds. The van der Waals surface area contributed by atoms with Crippen LogP contribution in [0.1, 0.15) is 77.1 Å². The molecule has 0 spiro atoms. The van der Waals surface area contributed by atoms with Crippen molar-refractivity contribution in [3.63, 3.8) is 0 Å². The highest BCUT2D eigenvalue weighted by Gasteiger charge is 2.44. The van der Waals surface area contributed by atoms with Crippen LogP contribution in [-0.4, -0.2) is 98.5 Å². The molecule has 3 rings (SSSR count). The summed E-state index contributed by atoms with van der Waals surface area (Å²) in [7, 11) is 1.67. The molecule has 0 radical (unpaired) electrons. The van der Waals surface area contributed by atoms with Crippen LogP contribution >= 0.6 is 0 Å². The SMILES string of the molecule is CCCCCCc1cn([C@H]2C[C@@H](C(=O)N[C@@H](Cc3ccccc3)C(N)=O)N(C(=O)[C@@H](NC(=O)[C@H](C)NC)C(C)C)C2)nn1.O=C(O)C(F)(F)F. The number of benzene rings is 1. The summed E-state index contributed by atoms with van der Waals surface area (Å²) in [5, 5.41) is 24.3. The molecule has 1 saturated heterocycles. The maximum atomic E-state index is 14.0. The zero-order valence-electron chi connectivity index (χ0n) is 29.1. The molecule has 0 bridgehead atoms. The molecular formula is C33H49F3N8O6. The zero-order valence-corrected chi connectivity index (χ0v) is 29.1. The second-order valence-electron chi connectivity index (χ2n) is 12.6. The number of hydrogen-bond donors (Lipinski definition) is 5. The van der Waals surface area contributed by atoms with Crippen molar-refractivity contribution in [2.45, 2.75) is 109 Å². The number of carbonyl (C=O) groups is 5. The van der Waals surface area contributed by atoms with Crippen molar-refractivity contribution in [3.05, 3.63) is 47.8 Å². The molecule has 0 saturated carbocycles. The Bertz CT molecular complexity index is 1420. The van der Waals surface area contributed by atoms with Crippen LogP contribution in [0.3, 0.4) is 0 Å². The molecule has 1 fully saturated rings. The minimum Gasteiger partial charge on any atom is -0.475 e. The van der Waals surface area contributed by atoms with Crippen molar-refractivity contribution < 1.29 is 42.3 Å². The van der Waals surface area contributed by atoms with E-state index in [1.54, 1.807) is 18.7 Å². The van der Waals surface area contributed by atoms with Crippen LogP contribution in [0.25, 0.3) is 0 Å². The van der Waals surface area contributed by atoms with Gasteiger partial charge in [-0.05, 0) is 38.3 Å². The Morgan fingerprint density at radius 3 is 2.22 bits per heavy atom. The Balaban J connectivity index is 0.00000112. The number of likely N-dealkylation sites (tertiary alicyclic amines) is 1. The van der Waals surface area contributed by atoms with Gasteiger partial charge in [-0.25, -0.2) is 9.48 Å². The smallest absolute Gasteiger partial charge is 0.475 e. The minimum absolute atomic E-state index is 0.205. The maximum absolute atomic E-state index is 14.0. The van der Waals surface area contributed by atoms with Gasteiger partial charge in [0.15, 0.2) is 0 Å². The molecule has 5 atom stereocenters. The fourth-order valence-corrected chi connectivity index (χ4v) is 5.28. The number of carboxylic acids is 1. The van der Waals surface area contributed by atoms with E-state index < -0.39 is 48.1 Å². The number of likely N-dealkylation sites (N-methyl/N-ethyl adjacent to an activating group) is 1. The van der Waals surface area contributed by atoms with E-state index in [0.717, 1.165) is 36.9 Å². The number of carbonyl (C=O) groups excluding carboxylic acids is 4. The number of hydrogen-bond acceptors (Lipinski definition) is 8. The van der Waals surface area contributed by atoms with Gasteiger partial charge in [-0.2, -0.15) is 13.2 Å². The second-order valence-corrected chi connectivity index (χ2v) is 12.6. The molecule has 0 aliphatic carbocycles. The molecule has 2 aromatic rings. The van der Waals surface area contributed by atoms with Crippen LogP contribution in [0.2, 0.25) is 0 Å². The van der Waals surface area contributed by atoms with Gasteiger partial charge in [0.25, 0.3) is 0 Å². The number of nitrogens with one attached hydrogen (secondary N) is 3. The summed E-state index contributed by atoms with van der Waals surface area (Å²) in [6.45, 7) is 7.78. The number of primary amides is 1. The number of aromatic nitrogens is 3. The van der Waals surface area contributed by atoms with Crippen LogP contribution in [0.5, 0.6) is 0 Å². The van der Waals surface area contributed by atoms with Crippen molar-refractivity contribution in [2.75, 3.05) is 13.6 Å². The number of amides is 4. The molecule has 14 nitrogen and oxygen atoms in total. The average Bonchev–Trinajstić information content (AvgIpc) is 3.72. The third-order valence-corrected chi connectivity index (χ3v) is 8.32. The van der Waals surface area contributed by atoms with Gasteiger partial charge in [-0.3, -0.25) is 19.2 Å². The summed E-state index contributed by atoms with van der Waals surface area (Å²) in [6, 6.07) is 5.77. The molecular weight excluding hydrogens is 661 g/mol. The number of carboxylic acid groups (broad SMARTS) is 1. The van der Waals surface area contributed by atoms with Crippen LogP contribution in [0.4, 0.5) is 13.2 Å². The average molecular weight is 711 g/mol. The van der Waals surface area contributed by atoms with Gasteiger partial charge in [0.05, 0.1) is 17.8 Å². The largest absolute Gasteiger partial charge is 0.490 e. The quantitative estimate of drug-likeness (QED) is 0.162. The molecule has 0 unspecified atom stereocenters. The fraction of sp³-hybridized carbons (Fsp3) is 0.606. The number of unbranched alkanes of at least 4 members (excludes halogenated alkanes) is 3. The lowest BCUT2D eigenvalue weighted by Gasteiger charge is -2.31. The highest BCUT2D eigenvalue weighted by Crippen LogP contribution is 2.29. The van der Waals surface area contributed by atoms with Crippen LogP contribution in [0, 0.1) is 5.92 Å².